The number of aryl methyl sites for hydroxylation is 1. The largest absolute Gasteiger partial charge is 0.493 e. The number of hydrogen-bond donors (Lipinski definition) is 0. The van der Waals surface area contributed by atoms with E-state index in [1.165, 1.54) is 25.1 Å². The smallest absolute Gasteiger partial charge is 0.421 e. The molecule has 1 heterocycles. The highest BCUT2D eigenvalue weighted by Crippen LogP contribution is 2.37. The molecule has 1 aromatic carbocycles. The van der Waals surface area contributed by atoms with Gasteiger partial charge in [0.15, 0.2) is 0 Å². The third kappa shape index (κ3) is 7.02. The number of fused-ring (bicyclic) bond motifs is 1. The molecule has 0 aliphatic rings. The lowest BCUT2D eigenvalue weighted by atomic mass is 10.1. The molecule has 0 fully saturated rings. The summed E-state index contributed by atoms with van der Waals surface area (Å²) in [5.41, 5.74) is -0.929. The summed E-state index contributed by atoms with van der Waals surface area (Å²) in [6, 6.07) is 4.23. The van der Waals surface area contributed by atoms with Gasteiger partial charge in [-0.05, 0) is 49.7 Å². The second-order valence-electron chi connectivity index (χ2n) is 6.83. The summed E-state index contributed by atoms with van der Waals surface area (Å²) in [4.78, 5) is 10.9. The molecule has 0 atom stereocenters. The van der Waals surface area contributed by atoms with Crippen LogP contribution in [0.5, 0.6) is 5.75 Å². The van der Waals surface area contributed by atoms with Crippen molar-refractivity contribution in [3.8, 4) is 5.75 Å². The van der Waals surface area contributed by atoms with Crippen molar-refractivity contribution in [1.82, 2.24) is 0 Å². The Labute approximate surface area is 180 Å². The van der Waals surface area contributed by atoms with Crippen LogP contribution in [0.2, 0.25) is 0 Å². The van der Waals surface area contributed by atoms with E-state index in [9.17, 15) is 26.7 Å². The van der Waals surface area contributed by atoms with E-state index in [-0.39, 0.29) is 48.3 Å². The Hall–Kier alpha value is -2.49. The molecule has 4 nitrogen and oxygen atoms in total. The van der Waals surface area contributed by atoms with Crippen LogP contribution in [0.3, 0.4) is 0 Å². The quantitative estimate of drug-likeness (QED) is 0.127. The zero-order valence-electron chi connectivity index (χ0n) is 16.7. The number of halogens is 5. The molecule has 170 valence electrons. The maximum atomic E-state index is 13.9. The summed E-state index contributed by atoms with van der Waals surface area (Å²) in [6.07, 6.45) is -4.47. The molecule has 2 rings (SSSR count). The summed E-state index contributed by atoms with van der Waals surface area (Å²) in [6.45, 7) is 4.38. The fourth-order valence-corrected chi connectivity index (χ4v) is 3.32. The molecule has 0 saturated carbocycles. The van der Waals surface area contributed by atoms with Crippen LogP contribution in [-0.2, 0) is 15.7 Å². The molecule has 0 N–H and O–H groups in total. The highest BCUT2D eigenvalue weighted by atomic mass is 32.1. The van der Waals surface area contributed by atoms with Crippen molar-refractivity contribution in [2.24, 2.45) is 0 Å². The topological polar surface area (TPSA) is 48.7 Å². The van der Waals surface area contributed by atoms with Crippen molar-refractivity contribution < 1.29 is 40.6 Å². The van der Waals surface area contributed by atoms with Crippen LogP contribution >= 0.6 is 12.2 Å². The second kappa shape index (κ2) is 10.2. The number of carbonyl (C=O) groups excluding carboxylic acids is 1. The minimum Gasteiger partial charge on any atom is -0.493 e. The Morgan fingerprint density at radius 2 is 1.81 bits per heavy atom. The van der Waals surface area contributed by atoms with Crippen LogP contribution in [0.1, 0.15) is 36.8 Å². The number of ether oxygens (including phenoxy) is 2. The maximum Gasteiger partial charge on any atom is 0.421 e. The van der Waals surface area contributed by atoms with Gasteiger partial charge in [0.05, 0.1) is 13.2 Å². The van der Waals surface area contributed by atoms with Crippen LogP contribution < -0.4 is 4.74 Å². The summed E-state index contributed by atoms with van der Waals surface area (Å²) in [5.74, 6) is -3.33. The molecular weight excluding hydrogens is 443 g/mol. The van der Waals surface area contributed by atoms with Gasteiger partial charge in [-0.1, -0.05) is 6.58 Å². The first kappa shape index (κ1) is 24.8. The van der Waals surface area contributed by atoms with Crippen molar-refractivity contribution in [2.75, 3.05) is 13.2 Å². The van der Waals surface area contributed by atoms with E-state index in [1.807, 2.05) is 0 Å². The number of hydrogen-bond acceptors (Lipinski definition) is 5. The van der Waals surface area contributed by atoms with Crippen molar-refractivity contribution in [3.63, 3.8) is 0 Å². The van der Waals surface area contributed by atoms with E-state index in [0.717, 1.165) is 6.08 Å². The third-order valence-electron chi connectivity index (χ3n) is 4.48. The lowest BCUT2D eigenvalue weighted by Crippen LogP contribution is -2.18. The number of esters is 1. The van der Waals surface area contributed by atoms with Crippen molar-refractivity contribution >= 4 is 29.2 Å². The van der Waals surface area contributed by atoms with Gasteiger partial charge in [-0.15, -0.1) is 0 Å². The van der Waals surface area contributed by atoms with Crippen LogP contribution in [0, 0.1) is 11.6 Å². The monoisotopic (exact) mass is 464 g/mol. The second-order valence-corrected chi connectivity index (χ2v) is 7.20. The van der Waals surface area contributed by atoms with Crippen molar-refractivity contribution in [1.29, 1.82) is 0 Å². The predicted molar refractivity (Wildman–Crippen MR) is 107 cm³/mol. The molecule has 2 aromatic rings. The zero-order chi connectivity index (χ0) is 23.2. The van der Waals surface area contributed by atoms with Gasteiger partial charge in [0.25, 0.3) is 0 Å². The predicted octanol–water partition coefficient (Wildman–Crippen LogP) is 6.79. The van der Waals surface area contributed by atoms with Crippen LogP contribution in [0.25, 0.3) is 11.0 Å². The molecule has 31 heavy (non-hydrogen) atoms. The standard InChI is InChI=1S/C21H21F5O4S/c1-3-17(27)29-11-5-9-20(22,23)8-4-10-28-14-6-7-15-13(2)18(21(24,25)26)19(31)30-16(15)12-14/h3,6-7,12H,1,4-5,8-11H2,2H3. The van der Waals surface area contributed by atoms with E-state index >= 15 is 0 Å². The average Bonchev–Trinajstić information content (AvgIpc) is 2.67. The van der Waals surface area contributed by atoms with Gasteiger partial charge in [0.2, 0.25) is 10.6 Å². The summed E-state index contributed by atoms with van der Waals surface area (Å²) in [5, 5.41) is 0.233. The molecule has 0 aliphatic carbocycles. The molecule has 0 bridgehead atoms. The molecule has 0 aliphatic heterocycles. The van der Waals surface area contributed by atoms with E-state index in [0.29, 0.717) is 0 Å². The minimum absolute atomic E-state index is 0.0162. The number of benzene rings is 1. The normalized spacial score (nSPS) is 12.1. The van der Waals surface area contributed by atoms with E-state index in [1.54, 1.807) is 0 Å². The Morgan fingerprint density at radius 3 is 2.42 bits per heavy atom. The van der Waals surface area contributed by atoms with Gasteiger partial charge in [0.1, 0.15) is 16.9 Å². The fourth-order valence-electron chi connectivity index (χ4n) is 2.96. The minimum atomic E-state index is -4.63. The summed E-state index contributed by atoms with van der Waals surface area (Å²) < 4.78 is 81.6. The van der Waals surface area contributed by atoms with E-state index in [2.05, 4.69) is 11.3 Å². The van der Waals surface area contributed by atoms with Crippen LogP contribution in [0.15, 0.2) is 35.3 Å². The lowest BCUT2D eigenvalue weighted by Gasteiger charge is -2.16. The first-order valence-electron chi connectivity index (χ1n) is 9.39. The number of alkyl halides is 5. The molecule has 0 amide bonds. The highest BCUT2D eigenvalue weighted by molar-refractivity contribution is 7.71. The molecule has 0 radical (unpaired) electrons. The Morgan fingerprint density at radius 1 is 1.16 bits per heavy atom. The van der Waals surface area contributed by atoms with E-state index < -0.39 is 41.2 Å². The SMILES string of the molecule is C=CC(=O)OCCCC(F)(F)CCCOc1ccc2c(C)c(C(F)(F)F)c(=S)oc2c1. The highest BCUT2D eigenvalue weighted by Gasteiger charge is 2.36. The third-order valence-corrected chi connectivity index (χ3v) is 4.76. The zero-order valence-corrected chi connectivity index (χ0v) is 17.5. The Balaban J connectivity index is 1.91. The number of rotatable bonds is 10. The fraction of sp³-hybridized carbons (Fsp3) is 0.429. The van der Waals surface area contributed by atoms with Crippen LogP contribution in [-0.4, -0.2) is 25.1 Å². The molecule has 10 heteroatoms. The van der Waals surface area contributed by atoms with Crippen molar-refractivity contribution in [3.05, 3.63) is 46.7 Å². The van der Waals surface area contributed by atoms with Gasteiger partial charge in [-0.25, -0.2) is 13.6 Å². The van der Waals surface area contributed by atoms with Crippen molar-refractivity contribution in [2.45, 2.75) is 44.7 Å². The Kier molecular flexibility index (Phi) is 8.16. The van der Waals surface area contributed by atoms with E-state index in [4.69, 9.17) is 21.4 Å². The van der Waals surface area contributed by atoms with Crippen LogP contribution in [0.4, 0.5) is 22.0 Å². The molecule has 1 aromatic heterocycles. The van der Waals surface area contributed by atoms with Gasteiger partial charge < -0.3 is 13.9 Å². The maximum absolute atomic E-state index is 13.9. The molecule has 0 unspecified atom stereocenters. The van der Waals surface area contributed by atoms with Gasteiger partial charge in [-0.3, -0.25) is 0 Å². The molecule has 0 saturated heterocycles. The summed E-state index contributed by atoms with van der Waals surface area (Å²) >= 11 is 4.73. The summed E-state index contributed by atoms with van der Waals surface area (Å²) in [7, 11) is 0. The van der Waals surface area contributed by atoms with Gasteiger partial charge in [-0.2, -0.15) is 13.2 Å². The molecule has 0 spiro atoms. The first-order valence-corrected chi connectivity index (χ1v) is 9.80. The van der Waals surface area contributed by atoms with Gasteiger partial charge in [0, 0.05) is 30.4 Å². The van der Waals surface area contributed by atoms with Gasteiger partial charge >= 0.3 is 12.1 Å². The molecular formula is C21H21F5O4S. The number of carbonyl (C=O) groups is 1. The average molecular weight is 464 g/mol. The first-order chi connectivity index (χ1) is 14.4. The lowest BCUT2D eigenvalue weighted by molar-refractivity contribution is -0.139. The Bertz CT molecular complexity index is 998.